The number of hydrogen-bond acceptors (Lipinski definition) is 3. The molecule has 1 amide bonds. The molecule has 2 atom stereocenters. The van der Waals surface area contributed by atoms with E-state index in [-0.39, 0.29) is 12.5 Å². The van der Waals surface area contributed by atoms with Crippen LogP contribution in [0.3, 0.4) is 0 Å². The number of hydrogen-bond donors (Lipinski definition) is 1. The van der Waals surface area contributed by atoms with Gasteiger partial charge in [0.05, 0.1) is 6.54 Å². The van der Waals surface area contributed by atoms with Gasteiger partial charge in [-0.2, -0.15) is 0 Å². The highest BCUT2D eigenvalue weighted by molar-refractivity contribution is 5.80. The fourth-order valence-electron chi connectivity index (χ4n) is 3.59. The summed E-state index contributed by atoms with van der Waals surface area (Å²) < 4.78 is 0. The lowest BCUT2D eigenvalue weighted by Gasteiger charge is -2.38. The third kappa shape index (κ3) is 4.19. The Balaban J connectivity index is 1.92. The van der Waals surface area contributed by atoms with E-state index in [1.54, 1.807) is 0 Å². The number of carbonyl (C=O) groups is 2. The zero-order valence-electron chi connectivity index (χ0n) is 13.3. The van der Waals surface area contributed by atoms with Gasteiger partial charge < -0.3 is 10.0 Å². The SMILES string of the molecule is CC1CCN(CC(=O)N(C)C2CCCCC2)C(C(=O)O)C1. The van der Waals surface area contributed by atoms with Crippen LogP contribution in [0.2, 0.25) is 0 Å². The van der Waals surface area contributed by atoms with E-state index in [9.17, 15) is 14.7 Å². The molecule has 1 saturated carbocycles. The molecule has 5 heteroatoms. The van der Waals surface area contributed by atoms with Gasteiger partial charge >= 0.3 is 5.97 Å². The lowest BCUT2D eigenvalue weighted by atomic mass is 9.92. The van der Waals surface area contributed by atoms with E-state index in [0.29, 0.717) is 24.9 Å². The van der Waals surface area contributed by atoms with Crippen LogP contribution in [0.5, 0.6) is 0 Å². The Morgan fingerprint density at radius 3 is 2.48 bits per heavy atom. The molecule has 1 aliphatic heterocycles. The second kappa shape index (κ2) is 7.25. The molecule has 0 aromatic heterocycles. The van der Waals surface area contributed by atoms with Crippen molar-refractivity contribution >= 4 is 11.9 Å². The van der Waals surface area contributed by atoms with Crippen LogP contribution in [0.25, 0.3) is 0 Å². The summed E-state index contributed by atoms with van der Waals surface area (Å²) in [6.07, 6.45) is 7.45. The van der Waals surface area contributed by atoms with Crippen molar-refractivity contribution in [3.8, 4) is 0 Å². The van der Waals surface area contributed by atoms with Crippen LogP contribution in [0.15, 0.2) is 0 Å². The summed E-state index contributed by atoms with van der Waals surface area (Å²) >= 11 is 0. The van der Waals surface area contributed by atoms with Gasteiger partial charge in [0.25, 0.3) is 0 Å². The van der Waals surface area contributed by atoms with E-state index in [4.69, 9.17) is 0 Å². The molecule has 0 radical (unpaired) electrons. The number of likely N-dealkylation sites (tertiary alicyclic amines) is 1. The smallest absolute Gasteiger partial charge is 0.320 e. The Kier molecular flexibility index (Phi) is 5.62. The number of likely N-dealkylation sites (N-methyl/N-ethyl adjacent to an activating group) is 1. The van der Waals surface area contributed by atoms with E-state index >= 15 is 0 Å². The van der Waals surface area contributed by atoms with E-state index in [2.05, 4.69) is 6.92 Å². The third-order valence-electron chi connectivity index (χ3n) is 5.11. The van der Waals surface area contributed by atoms with Gasteiger partial charge in [-0.25, -0.2) is 0 Å². The summed E-state index contributed by atoms with van der Waals surface area (Å²) in [6.45, 7) is 3.04. The molecule has 120 valence electrons. The summed E-state index contributed by atoms with van der Waals surface area (Å²) in [6, 6.07) is -0.157. The molecule has 21 heavy (non-hydrogen) atoms. The molecule has 0 aromatic rings. The van der Waals surface area contributed by atoms with Gasteiger partial charge in [0.15, 0.2) is 0 Å². The van der Waals surface area contributed by atoms with Crippen molar-refractivity contribution in [2.75, 3.05) is 20.1 Å². The fourth-order valence-corrected chi connectivity index (χ4v) is 3.59. The Labute approximate surface area is 127 Å². The third-order valence-corrected chi connectivity index (χ3v) is 5.11. The van der Waals surface area contributed by atoms with Crippen molar-refractivity contribution in [1.82, 2.24) is 9.80 Å². The molecule has 1 heterocycles. The van der Waals surface area contributed by atoms with Crippen LogP contribution in [-0.2, 0) is 9.59 Å². The number of carbonyl (C=O) groups excluding carboxylic acids is 1. The second-order valence-electron chi connectivity index (χ2n) is 6.75. The molecule has 1 N–H and O–H groups in total. The summed E-state index contributed by atoms with van der Waals surface area (Å²) in [4.78, 5) is 27.6. The molecular formula is C16H28N2O3. The number of carboxylic acid groups (broad SMARTS) is 1. The van der Waals surface area contributed by atoms with Gasteiger partial charge in [-0.05, 0) is 38.1 Å². The molecule has 2 unspecified atom stereocenters. The van der Waals surface area contributed by atoms with Gasteiger partial charge in [0.1, 0.15) is 6.04 Å². The highest BCUT2D eigenvalue weighted by Crippen LogP contribution is 2.24. The maximum atomic E-state index is 12.5. The zero-order valence-corrected chi connectivity index (χ0v) is 13.3. The van der Waals surface area contributed by atoms with Gasteiger partial charge in [0.2, 0.25) is 5.91 Å². The van der Waals surface area contributed by atoms with Crippen LogP contribution in [0, 0.1) is 5.92 Å². The lowest BCUT2D eigenvalue weighted by molar-refractivity contribution is -0.147. The molecule has 1 aliphatic carbocycles. The molecule has 1 saturated heterocycles. The maximum absolute atomic E-state index is 12.5. The predicted octanol–water partition coefficient (Wildman–Crippen LogP) is 1.96. The summed E-state index contributed by atoms with van der Waals surface area (Å²) in [5, 5.41) is 9.36. The summed E-state index contributed by atoms with van der Waals surface area (Å²) in [7, 11) is 1.88. The Bertz CT molecular complexity index is 380. The van der Waals surface area contributed by atoms with E-state index < -0.39 is 12.0 Å². The summed E-state index contributed by atoms with van der Waals surface area (Å²) in [5.74, 6) is -0.300. The Morgan fingerprint density at radius 1 is 1.19 bits per heavy atom. The van der Waals surface area contributed by atoms with Crippen molar-refractivity contribution in [3.63, 3.8) is 0 Å². The molecule has 0 spiro atoms. The first-order chi connectivity index (χ1) is 9.99. The quantitative estimate of drug-likeness (QED) is 0.861. The molecular weight excluding hydrogens is 268 g/mol. The molecule has 2 aliphatic rings. The standard InChI is InChI=1S/C16H28N2O3/c1-12-8-9-18(14(10-12)16(20)21)11-15(19)17(2)13-6-4-3-5-7-13/h12-14H,3-11H2,1-2H3,(H,20,21). The topological polar surface area (TPSA) is 60.9 Å². The average molecular weight is 296 g/mol. The first-order valence-corrected chi connectivity index (χ1v) is 8.21. The largest absolute Gasteiger partial charge is 0.480 e. The Hall–Kier alpha value is -1.10. The van der Waals surface area contributed by atoms with Crippen molar-refractivity contribution < 1.29 is 14.7 Å². The predicted molar refractivity (Wildman–Crippen MR) is 81.0 cm³/mol. The van der Waals surface area contributed by atoms with E-state index in [1.807, 2.05) is 16.8 Å². The molecule has 0 bridgehead atoms. The highest BCUT2D eigenvalue weighted by atomic mass is 16.4. The number of aliphatic carboxylic acids is 1. The summed E-state index contributed by atoms with van der Waals surface area (Å²) in [5.41, 5.74) is 0. The van der Waals surface area contributed by atoms with E-state index in [1.165, 1.54) is 19.3 Å². The first kappa shape index (κ1) is 16.3. The van der Waals surface area contributed by atoms with Gasteiger partial charge in [-0.3, -0.25) is 14.5 Å². The van der Waals surface area contributed by atoms with Crippen molar-refractivity contribution in [2.24, 2.45) is 5.92 Å². The van der Waals surface area contributed by atoms with Crippen LogP contribution < -0.4 is 0 Å². The molecule has 2 fully saturated rings. The first-order valence-electron chi connectivity index (χ1n) is 8.21. The minimum Gasteiger partial charge on any atom is -0.480 e. The number of nitrogens with zero attached hydrogens (tertiary/aromatic N) is 2. The number of piperidine rings is 1. The molecule has 0 aromatic carbocycles. The number of carboxylic acids is 1. The second-order valence-corrected chi connectivity index (χ2v) is 6.75. The van der Waals surface area contributed by atoms with Gasteiger partial charge in [-0.1, -0.05) is 26.2 Å². The fraction of sp³-hybridized carbons (Fsp3) is 0.875. The average Bonchev–Trinajstić information content (AvgIpc) is 2.49. The van der Waals surface area contributed by atoms with E-state index in [0.717, 1.165) is 19.3 Å². The lowest BCUT2D eigenvalue weighted by Crippen LogP contribution is -2.52. The minimum atomic E-state index is -0.797. The van der Waals surface area contributed by atoms with Gasteiger partial charge in [0, 0.05) is 13.1 Å². The zero-order chi connectivity index (χ0) is 15.4. The molecule has 2 rings (SSSR count). The highest BCUT2D eigenvalue weighted by Gasteiger charge is 2.34. The van der Waals surface area contributed by atoms with Crippen LogP contribution >= 0.6 is 0 Å². The monoisotopic (exact) mass is 296 g/mol. The maximum Gasteiger partial charge on any atom is 0.320 e. The van der Waals surface area contributed by atoms with Crippen LogP contribution in [-0.4, -0.2) is 59.0 Å². The minimum absolute atomic E-state index is 0.0719. The van der Waals surface area contributed by atoms with Crippen LogP contribution in [0.4, 0.5) is 0 Å². The van der Waals surface area contributed by atoms with Gasteiger partial charge in [-0.15, -0.1) is 0 Å². The van der Waals surface area contributed by atoms with Crippen molar-refractivity contribution in [1.29, 1.82) is 0 Å². The number of amides is 1. The molecule has 5 nitrogen and oxygen atoms in total. The number of rotatable bonds is 4. The Morgan fingerprint density at radius 2 is 1.86 bits per heavy atom. The normalized spacial score (nSPS) is 28.3. The van der Waals surface area contributed by atoms with Crippen molar-refractivity contribution in [2.45, 2.75) is 64.0 Å². The van der Waals surface area contributed by atoms with Crippen molar-refractivity contribution in [3.05, 3.63) is 0 Å². The van der Waals surface area contributed by atoms with Crippen LogP contribution in [0.1, 0.15) is 51.9 Å².